The molecule has 0 saturated carbocycles. The maximum atomic E-state index is 5.00. The quantitative estimate of drug-likeness (QED) is 0.153. The monoisotopic (exact) mass is 736 g/mol. The number of thiophene rings is 1. The van der Waals surface area contributed by atoms with Gasteiger partial charge in [-0.3, -0.25) is 0 Å². The molecule has 0 atom stereocenters. The Morgan fingerprint density at radius 3 is 1.80 bits per heavy atom. The molecule has 9 rings (SSSR count). The number of rotatable bonds is 7. The molecule has 0 unspecified atom stereocenters. The van der Waals surface area contributed by atoms with Crippen molar-refractivity contribution >= 4 is 71.0 Å². The van der Waals surface area contributed by atoms with E-state index in [2.05, 4.69) is 184 Å². The highest BCUT2D eigenvalue weighted by Crippen LogP contribution is 2.50. The highest BCUT2D eigenvalue weighted by Gasteiger charge is 2.35. The van der Waals surface area contributed by atoms with Crippen molar-refractivity contribution in [2.24, 2.45) is 0 Å². The first-order chi connectivity index (χ1) is 27.3. The Labute approximate surface area is 334 Å². The van der Waals surface area contributed by atoms with Crippen LogP contribution in [0.5, 0.6) is 0 Å². The van der Waals surface area contributed by atoms with Crippen molar-refractivity contribution in [2.45, 2.75) is 32.1 Å². The Hall–Kier alpha value is -6.28. The normalized spacial score (nSPS) is 16.2. The van der Waals surface area contributed by atoms with Crippen molar-refractivity contribution < 1.29 is 0 Å². The first-order valence-electron chi connectivity index (χ1n) is 19.5. The first kappa shape index (κ1) is 35.4. The van der Waals surface area contributed by atoms with Crippen LogP contribution in [0.25, 0.3) is 59.7 Å². The lowest BCUT2D eigenvalue weighted by Gasteiger charge is -2.27. The molecular formula is C55H44S. The molecule has 270 valence electrons. The molecule has 0 saturated heterocycles. The van der Waals surface area contributed by atoms with Gasteiger partial charge in [0.2, 0.25) is 0 Å². The van der Waals surface area contributed by atoms with Gasteiger partial charge in [-0.05, 0) is 120 Å². The van der Waals surface area contributed by atoms with Crippen molar-refractivity contribution in [1.82, 2.24) is 0 Å². The zero-order valence-corrected chi connectivity index (χ0v) is 32.9. The minimum absolute atomic E-state index is 0.175. The Morgan fingerprint density at radius 2 is 1.11 bits per heavy atom. The van der Waals surface area contributed by atoms with E-state index >= 15 is 0 Å². The van der Waals surface area contributed by atoms with Gasteiger partial charge in [-0.1, -0.05) is 179 Å². The molecule has 1 aromatic heterocycles. The molecule has 6 aromatic carbocycles. The van der Waals surface area contributed by atoms with E-state index in [-0.39, 0.29) is 5.41 Å². The van der Waals surface area contributed by atoms with Crippen LogP contribution in [0.2, 0.25) is 0 Å². The molecule has 2 aliphatic rings. The summed E-state index contributed by atoms with van der Waals surface area (Å²) < 4.78 is 2.60. The first-order valence-corrected chi connectivity index (χ1v) is 20.3. The zero-order valence-electron chi connectivity index (χ0n) is 32.1. The molecule has 0 N–H and O–H groups in total. The second kappa shape index (κ2) is 14.4. The molecule has 0 amide bonds. The Bertz CT molecular complexity index is 2970. The van der Waals surface area contributed by atoms with Crippen LogP contribution in [0.3, 0.4) is 0 Å². The average molecular weight is 737 g/mol. The molecule has 0 bridgehead atoms. The van der Waals surface area contributed by atoms with E-state index in [1.54, 1.807) is 0 Å². The van der Waals surface area contributed by atoms with Crippen molar-refractivity contribution in [3.8, 4) is 0 Å². The lowest BCUT2D eigenvalue weighted by molar-refractivity contribution is 0.704. The van der Waals surface area contributed by atoms with Gasteiger partial charge in [-0.25, -0.2) is 0 Å². The third kappa shape index (κ3) is 6.10. The fraction of sp³-hybridized carbons (Fsp3) is 0.0909. The molecule has 0 aliphatic heterocycles. The van der Waals surface area contributed by atoms with Crippen LogP contribution in [0.15, 0.2) is 184 Å². The van der Waals surface area contributed by atoms with E-state index in [1.165, 1.54) is 48.0 Å². The SMILES string of the molecule is C=C(C1=c2cccc/c2=C(C(=C)c2cc3c(cc2C2=Cc4ccccc4C2(C)C)sc2ccccc23)/C=C/CCC=C1)c1ccccc1C(=C)c1ccccc1. The number of hydrogen-bond acceptors (Lipinski definition) is 1. The van der Waals surface area contributed by atoms with Crippen molar-refractivity contribution in [3.63, 3.8) is 0 Å². The largest absolute Gasteiger partial charge is 0.135 e. The van der Waals surface area contributed by atoms with Gasteiger partial charge in [0.15, 0.2) is 0 Å². The fourth-order valence-corrected chi connectivity index (χ4v) is 9.81. The summed E-state index contributed by atoms with van der Waals surface area (Å²) in [4.78, 5) is 0. The molecular weight excluding hydrogens is 693 g/mol. The van der Waals surface area contributed by atoms with Gasteiger partial charge in [0.1, 0.15) is 0 Å². The average Bonchev–Trinajstić information content (AvgIpc) is 3.74. The Kier molecular flexibility index (Phi) is 9.12. The summed E-state index contributed by atoms with van der Waals surface area (Å²) in [6.07, 6.45) is 13.4. The third-order valence-electron chi connectivity index (χ3n) is 11.7. The summed E-state index contributed by atoms with van der Waals surface area (Å²) in [5.41, 5.74) is 14.7. The van der Waals surface area contributed by atoms with Crippen LogP contribution >= 0.6 is 11.3 Å². The number of fused-ring (bicyclic) bond motifs is 5. The van der Waals surface area contributed by atoms with Gasteiger partial charge < -0.3 is 0 Å². The van der Waals surface area contributed by atoms with Crippen molar-refractivity contribution in [1.29, 1.82) is 0 Å². The van der Waals surface area contributed by atoms with Crippen LogP contribution in [0.4, 0.5) is 0 Å². The van der Waals surface area contributed by atoms with E-state index < -0.39 is 0 Å². The standard InChI is InChI=1S/C55H44S/c1-36(39-21-9-8-10-22-39)41-26-14-15-27-42(41)37(2)43-24-11-6-7-12-25-44(46-29-17-16-28-45(43)46)38(3)48-34-50-47-30-18-20-32-53(47)56-54(50)35-49(48)52-33-40-23-13-19-31-51(40)55(52,4)5/h8-35H,1-3,6-7H2,4-5H3/b24-11?,25-12+,45-43?,46-44+. The van der Waals surface area contributed by atoms with E-state index in [1.807, 2.05) is 17.4 Å². The van der Waals surface area contributed by atoms with E-state index in [0.717, 1.165) is 67.8 Å². The van der Waals surface area contributed by atoms with Crippen LogP contribution in [0.1, 0.15) is 65.6 Å². The third-order valence-corrected chi connectivity index (χ3v) is 12.8. The fourth-order valence-electron chi connectivity index (χ4n) is 8.68. The molecule has 0 spiro atoms. The molecule has 1 heteroatoms. The van der Waals surface area contributed by atoms with Crippen LogP contribution in [-0.4, -0.2) is 0 Å². The number of allylic oxidation sites excluding steroid dienone is 7. The topological polar surface area (TPSA) is 0 Å². The Morgan fingerprint density at radius 1 is 0.536 bits per heavy atom. The highest BCUT2D eigenvalue weighted by molar-refractivity contribution is 7.25. The predicted octanol–water partition coefficient (Wildman–Crippen LogP) is 13.6. The van der Waals surface area contributed by atoms with Crippen LogP contribution in [0, 0.1) is 0 Å². The summed E-state index contributed by atoms with van der Waals surface area (Å²) >= 11 is 1.87. The molecule has 56 heavy (non-hydrogen) atoms. The minimum atomic E-state index is -0.175. The van der Waals surface area contributed by atoms with Gasteiger partial charge in [0.05, 0.1) is 0 Å². The maximum absolute atomic E-state index is 5.00. The molecule has 0 nitrogen and oxygen atoms in total. The van der Waals surface area contributed by atoms with Crippen molar-refractivity contribution in [3.05, 3.63) is 233 Å². The van der Waals surface area contributed by atoms with E-state index in [0.29, 0.717) is 0 Å². The minimum Gasteiger partial charge on any atom is -0.135 e. The maximum Gasteiger partial charge on any atom is 0.0361 e. The summed E-state index contributed by atoms with van der Waals surface area (Å²) in [6.45, 7) is 19.1. The summed E-state index contributed by atoms with van der Waals surface area (Å²) in [5, 5.41) is 4.83. The lowest BCUT2D eigenvalue weighted by Crippen LogP contribution is -2.29. The van der Waals surface area contributed by atoms with Gasteiger partial charge >= 0.3 is 0 Å². The molecule has 2 aliphatic carbocycles. The summed E-state index contributed by atoms with van der Waals surface area (Å²) in [6, 6.07) is 50.2. The smallest absolute Gasteiger partial charge is 0.0361 e. The van der Waals surface area contributed by atoms with Crippen molar-refractivity contribution in [2.75, 3.05) is 0 Å². The van der Waals surface area contributed by atoms with Crippen LogP contribution in [-0.2, 0) is 5.41 Å². The van der Waals surface area contributed by atoms with E-state index in [9.17, 15) is 0 Å². The predicted molar refractivity (Wildman–Crippen MR) is 246 cm³/mol. The lowest BCUT2D eigenvalue weighted by atomic mass is 9.76. The number of hydrogen-bond donors (Lipinski definition) is 0. The Balaban J connectivity index is 1.29. The second-order valence-electron chi connectivity index (χ2n) is 15.4. The van der Waals surface area contributed by atoms with Crippen LogP contribution < -0.4 is 10.4 Å². The molecule has 0 fully saturated rings. The zero-order chi connectivity index (χ0) is 38.4. The van der Waals surface area contributed by atoms with E-state index in [4.69, 9.17) is 13.2 Å². The number of benzene rings is 6. The summed E-state index contributed by atoms with van der Waals surface area (Å²) in [7, 11) is 0. The molecule has 1 heterocycles. The molecule has 0 radical (unpaired) electrons. The van der Waals surface area contributed by atoms with Gasteiger partial charge in [-0.2, -0.15) is 0 Å². The van der Waals surface area contributed by atoms with Gasteiger partial charge in [0.25, 0.3) is 0 Å². The molecule has 7 aromatic rings. The van der Waals surface area contributed by atoms with Gasteiger partial charge in [0, 0.05) is 25.6 Å². The second-order valence-corrected chi connectivity index (χ2v) is 16.4. The van der Waals surface area contributed by atoms with Gasteiger partial charge in [-0.15, -0.1) is 11.3 Å². The highest BCUT2D eigenvalue weighted by atomic mass is 32.1. The summed E-state index contributed by atoms with van der Waals surface area (Å²) in [5.74, 6) is 0.